The van der Waals surface area contributed by atoms with Crippen LogP contribution in [0.2, 0.25) is 0 Å². The van der Waals surface area contributed by atoms with Gasteiger partial charge in [-0.15, -0.1) is 0 Å². The number of nitrogens with one attached hydrogen (secondary N) is 2. The largest absolute Gasteiger partial charge is 0.368 e. The molecule has 1 aromatic rings. The Hall–Kier alpha value is -0.880. The summed E-state index contributed by atoms with van der Waals surface area (Å²) in [5.41, 5.74) is 0. The number of hydrogen-bond donors (Lipinski definition) is 2. The summed E-state index contributed by atoms with van der Waals surface area (Å²) < 4.78 is 0.906. The van der Waals surface area contributed by atoms with Gasteiger partial charge < -0.3 is 10.6 Å². The maximum atomic E-state index is 4.45. The molecule has 0 aliphatic heterocycles. The molecular formula is C13H22BrN5. The van der Waals surface area contributed by atoms with Gasteiger partial charge in [0.2, 0.25) is 5.95 Å². The Morgan fingerprint density at radius 2 is 2.16 bits per heavy atom. The second kappa shape index (κ2) is 7.05. The Kier molecular flexibility index (Phi) is 5.39. The molecule has 1 saturated carbocycles. The van der Waals surface area contributed by atoms with Crippen molar-refractivity contribution < 1.29 is 0 Å². The maximum Gasteiger partial charge on any atom is 0.224 e. The van der Waals surface area contributed by atoms with Crippen LogP contribution in [0.4, 0.5) is 11.8 Å². The lowest BCUT2D eigenvalue weighted by molar-refractivity contribution is 0.289. The van der Waals surface area contributed by atoms with Crippen LogP contribution in [0.5, 0.6) is 0 Å². The zero-order valence-electron chi connectivity index (χ0n) is 11.6. The number of anilines is 2. The van der Waals surface area contributed by atoms with Gasteiger partial charge in [-0.2, -0.15) is 4.98 Å². The van der Waals surface area contributed by atoms with Crippen molar-refractivity contribution in [1.82, 2.24) is 14.9 Å². The number of nitrogens with zero attached hydrogens (tertiary/aromatic N) is 3. The highest BCUT2D eigenvalue weighted by molar-refractivity contribution is 9.10. The number of rotatable bonds is 8. The van der Waals surface area contributed by atoms with E-state index in [-0.39, 0.29) is 0 Å². The molecule has 0 radical (unpaired) electrons. The highest BCUT2D eigenvalue weighted by Gasteiger charge is 2.27. The fourth-order valence-electron chi connectivity index (χ4n) is 2.09. The molecule has 19 heavy (non-hydrogen) atoms. The minimum atomic E-state index is 0.669. The van der Waals surface area contributed by atoms with Crippen molar-refractivity contribution in [3.63, 3.8) is 0 Å². The molecule has 1 heterocycles. The first-order valence-corrected chi connectivity index (χ1v) is 7.78. The van der Waals surface area contributed by atoms with E-state index < -0.39 is 0 Å². The first-order chi connectivity index (χ1) is 9.24. The number of likely N-dealkylation sites (N-methyl/N-ethyl adjacent to an activating group) is 1. The van der Waals surface area contributed by atoms with E-state index >= 15 is 0 Å². The molecule has 0 bridgehead atoms. The smallest absolute Gasteiger partial charge is 0.224 e. The summed E-state index contributed by atoms with van der Waals surface area (Å²) in [5.74, 6) is 1.53. The minimum Gasteiger partial charge on any atom is -0.368 e. The summed E-state index contributed by atoms with van der Waals surface area (Å²) in [6.07, 6.45) is 4.50. The monoisotopic (exact) mass is 327 g/mol. The Bertz CT molecular complexity index is 408. The van der Waals surface area contributed by atoms with E-state index in [2.05, 4.69) is 48.4 Å². The van der Waals surface area contributed by atoms with E-state index in [1.807, 2.05) is 6.92 Å². The van der Waals surface area contributed by atoms with Crippen molar-refractivity contribution in [3.05, 3.63) is 10.7 Å². The average molecular weight is 328 g/mol. The fourth-order valence-corrected chi connectivity index (χ4v) is 2.42. The van der Waals surface area contributed by atoms with Gasteiger partial charge in [0.1, 0.15) is 5.82 Å². The van der Waals surface area contributed by atoms with Crippen molar-refractivity contribution in [3.8, 4) is 0 Å². The molecule has 1 fully saturated rings. The second-order valence-corrected chi connectivity index (χ2v) is 5.56. The molecule has 0 saturated heterocycles. The molecule has 2 rings (SSSR count). The van der Waals surface area contributed by atoms with Crippen molar-refractivity contribution >= 4 is 27.7 Å². The molecule has 0 unspecified atom stereocenters. The van der Waals surface area contributed by atoms with E-state index in [1.54, 1.807) is 6.20 Å². The Balaban J connectivity index is 1.85. The topological polar surface area (TPSA) is 53.1 Å². The van der Waals surface area contributed by atoms with Crippen LogP contribution in [0.1, 0.15) is 26.7 Å². The third kappa shape index (κ3) is 4.31. The number of halogens is 1. The molecule has 0 spiro atoms. The summed E-state index contributed by atoms with van der Waals surface area (Å²) in [5, 5.41) is 6.50. The van der Waals surface area contributed by atoms with Gasteiger partial charge in [0.25, 0.3) is 0 Å². The number of hydrogen-bond acceptors (Lipinski definition) is 5. The van der Waals surface area contributed by atoms with Crippen LogP contribution in [0, 0.1) is 0 Å². The van der Waals surface area contributed by atoms with E-state index in [4.69, 9.17) is 0 Å². The molecule has 2 N–H and O–H groups in total. The van der Waals surface area contributed by atoms with Crippen molar-refractivity contribution in [1.29, 1.82) is 0 Å². The zero-order chi connectivity index (χ0) is 13.7. The lowest BCUT2D eigenvalue weighted by Crippen LogP contribution is -2.31. The Morgan fingerprint density at radius 3 is 2.79 bits per heavy atom. The van der Waals surface area contributed by atoms with Crippen molar-refractivity contribution in [2.75, 3.05) is 36.8 Å². The van der Waals surface area contributed by atoms with Crippen molar-refractivity contribution in [2.24, 2.45) is 0 Å². The SMILES string of the molecule is CCNc1ncc(Br)c(NCCN(CC)C2CC2)n1. The van der Waals surface area contributed by atoms with Gasteiger partial charge in [0, 0.05) is 31.9 Å². The molecule has 0 amide bonds. The van der Waals surface area contributed by atoms with Crippen LogP contribution in [-0.2, 0) is 0 Å². The van der Waals surface area contributed by atoms with Gasteiger partial charge >= 0.3 is 0 Å². The van der Waals surface area contributed by atoms with Gasteiger partial charge in [0.15, 0.2) is 0 Å². The van der Waals surface area contributed by atoms with Crippen LogP contribution < -0.4 is 10.6 Å². The van der Waals surface area contributed by atoms with Crippen LogP contribution in [-0.4, -0.2) is 47.1 Å². The zero-order valence-corrected chi connectivity index (χ0v) is 13.2. The summed E-state index contributed by atoms with van der Waals surface area (Å²) in [7, 11) is 0. The highest BCUT2D eigenvalue weighted by Crippen LogP contribution is 2.26. The van der Waals surface area contributed by atoms with E-state index in [9.17, 15) is 0 Å². The molecule has 5 nitrogen and oxygen atoms in total. The van der Waals surface area contributed by atoms with Gasteiger partial charge in [-0.05, 0) is 42.2 Å². The average Bonchev–Trinajstić information content (AvgIpc) is 3.23. The fraction of sp³-hybridized carbons (Fsp3) is 0.692. The summed E-state index contributed by atoms with van der Waals surface area (Å²) in [4.78, 5) is 11.2. The van der Waals surface area contributed by atoms with E-state index in [0.29, 0.717) is 5.95 Å². The predicted octanol–water partition coefficient (Wildman–Crippen LogP) is 2.57. The molecular weight excluding hydrogens is 306 g/mol. The van der Waals surface area contributed by atoms with Crippen LogP contribution in [0.3, 0.4) is 0 Å². The standard InChI is InChI=1S/C13H22BrN5/c1-3-15-13-17-9-11(14)12(18-13)16-7-8-19(4-2)10-5-6-10/h9-10H,3-8H2,1-2H3,(H2,15,16,17,18). The molecule has 6 heteroatoms. The van der Waals surface area contributed by atoms with E-state index in [1.165, 1.54) is 12.8 Å². The Morgan fingerprint density at radius 1 is 1.37 bits per heavy atom. The molecule has 106 valence electrons. The van der Waals surface area contributed by atoms with Crippen molar-refractivity contribution in [2.45, 2.75) is 32.7 Å². The predicted molar refractivity (Wildman–Crippen MR) is 82.7 cm³/mol. The maximum absolute atomic E-state index is 4.45. The van der Waals surface area contributed by atoms with E-state index in [0.717, 1.165) is 42.5 Å². The summed E-state index contributed by atoms with van der Waals surface area (Å²) in [6.45, 7) is 8.18. The van der Waals surface area contributed by atoms with Crippen LogP contribution in [0.25, 0.3) is 0 Å². The number of aromatic nitrogens is 2. The lowest BCUT2D eigenvalue weighted by atomic mass is 10.4. The highest BCUT2D eigenvalue weighted by atomic mass is 79.9. The van der Waals surface area contributed by atoms with Crippen LogP contribution in [0.15, 0.2) is 10.7 Å². The molecule has 0 aromatic carbocycles. The third-order valence-corrected chi connectivity index (χ3v) is 3.82. The van der Waals surface area contributed by atoms with Crippen LogP contribution >= 0.6 is 15.9 Å². The normalized spacial score (nSPS) is 14.7. The van der Waals surface area contributed by atoms with Gasteiger partial charge in [-0.3, -0.25) is 4.90 Å². The Labute approximate surface area is 123 Å². The minimum absolute atomic E-state index is 0.669. The summed E-state index contributed by atoms with van der Waals surface area (Å²) in [6, 6.07) is 0.818. The molecule has 1 aliphatic rings. The summed E-state index contributed by atoms with van der Waals surface area (Å²) >= 11 is 3.48. The quantitative estimate of drug-likeness (QED) is 0.768. The molecule has 1 aromatic heterocycles. The molecule has 0 atom stereocenters. The first-order valence-electron chi connectivity index (χ1n) is 6.99. The third-order valence-electron chi connectivity index (χ3n) is 3.24. The van der Waals surface area contributed by atoms with Gasteiger partial charge in [-0.25, -0.2) is 4.98 Å². The molecule has 1 aliphatic carbocycles. The van der Waals surface area contributed by atoms with Gasteiger partial charge in [0.05, 0.1) is 4.47 Å². The van der Waals surface area contributed by atoms with Gasteiger partial charge in [-0.1, -0.05) is 6.92 Å². The second-order valence-electron chi connectivity index (χ2n) is 4.71. The first kappa shape index (κ1) is 14.5. The lowest BCUT2D eigenvalue weighted by Gasteiger charge is -2.20.